The van der Waals surface area contributed by atoms with E-state index >= 15 is 0 Å². The average molecular weight is 459 g/mol. The van der Waals surface area contributed by atoms with Gasteiger partial charge in [-0.05, 0) is 49.9 Å². The number of amides is 1. The summed E-state index contributed by atoms with van der Waals surface area (Å²) < 4.78 is 0. The number of piperidine rings is 2. The molecule has 1 aromatic carbocycles. The molecule has 2 aromatic heterocycles. The molecule has 4 heterocycles. The van der Waals surface area contributed by atoms with Crippen LogP contribution in [0.25, 0.3) is 11.0 Å². The molecular weight excluding hydrogens is 435 g/mol. The average Bonchev–Trinajstić information content (AvgIpc) is 3.24. The number of benzene rings is 1. The summed E-state index contributed by atoms with van der Waals surface area (Å²) in [5, 5.41) is 5.47. The lowest BCUT2D eigenvalue weighted by molar-refractivity contribution is -0.137. The molecule has 2 aliphatic rings. The Hall–Kier alpha value is -2.51. The minimum atomic E-state index is -0.269. The quantitative estimate of drug-likeness (QED) is 0.607. The normalized spacial score (nSPS) is 22.2. The van der Waals surface area contributed by atoms with Crippen LogP contribution in [0.3, 0.4) is 0 Å². The van der Waals surface area contributed by atoms with Crippen LogP contribution >= 0.6 is 23.2 Å². The topological polar surface area (TPSA) is 77.2 Å². The number of aromatic nitrogens is 3. The summed E-state index contributed by atoms with van der Waals surface area (Å²) in [5.41, 5.74) is 1.62. The molecule has 0 bridgehead atoms. The minimum Gasteiger partial charge on any atom is -0.374 e. The Balaban J connectivity index is 1.32. The zero-order valence-electron chi connectivity index (χ0n) is 17.0. The Kier molecular flexibility index (Phi) is 5.63. The van der Waals surface area contributed by atoms with E-state index in [-0.39, 0.29) is 18.0 Å². The van der Waals surface area contributed by atoms with Crippen molar-refractivity contribution in [3.8, 4) is 0 Å². The molecule has 2 saturated heterocycles. The highest BCUT2D eigenvalue weighted by Gasteiger charge is 2.35. The van der Waals surface area contributed by atoms with Crippen molar-refractivity contribution < 1.29 is 4.79 Å². The van der Waals surface area contributed by atoms with Crippen LogP contribution in [0.5, 0.6) is 0 Å². The van der Waals surface area contributed by atoms with Crippen molar-refractivity contribution >= 4 is 51.6 Å². The third-order valence-corrected chi connectivity index (χ3v) is 6.58. The van der Waals surface area contributed by atoms with Gasteiger partial charge in [0.05, 0.1) is 5.39 Å². The van der Waals surface area contributed by atoms with Crippen LogP contribution in [-0.4, -0.2) is 57.5 Å². The number of anilines is 2. The number of H-pyrrole nitrogens is 1. The smallest absolute Gasteiger partial charge is 0.245 e. The molecule has 2 aliphatic heterocycles. The number of rotatable bonds is 4. The summed E-state index contributed by atoms with van der Waals surface area (Å²) >= 11 is 12.2. The Morgan fingerprint density at radius 2 is 1.87 bits per heavy atom. The molecule has 162 valence electrons. The molecule has 2 atom stereocenters. The Morgan fingerprint density at radius 1 is 1.06 bits per heavy atom. The first kappa shape index (κ1) is 20.4. The fourth-order valence-corrected chi connectivity index (χ4v) is 5.27. The lowest BCUT2D eigenvalue weighted by atomic mass is 9.97. The van der Waals surface area contributed by atoms with Gasteiger partial charge in [0, 0.05) is 47.6 Å². The van der Waals surface area contributed by atoms with E-state index < -0.39 is 0 Å². The molecule has 2 N–H and O–H groups in total. The summed E-state index contributed by atoms with van der Waals surface area (Å²) in [6.45, 7) is 2.49. The van der Waals surface area contributed by atoms with Crippen LogP contribution in [0.1, 0.15) is 25.7 Å². The van der Waals surface area contributed by atoms with Crippen molar-refractivity contribution in [1.29, 1.82) is 0 Å². The maximum atomic E-state index is 13.4. The van der Waals surface area contributed by atoms with Crippen LogP contribution in [-0.2, 0) is 4.79 Å². The first-order valence-electron chi connectivity index (χ1n) is 10.6. The minimum absolute atomic E-state index is 0.142. The first-order valence-corrected chi connectivity index (χ1v) is 11.4. The molecule has 0 aliphatic carbocycles. The molecule has 0 saturated carbocycles. The number of aromatic amines is 1. The molecule has 9 heteroatoms. The second-order valence-corrected chi connectivity index (χ2v) is 9.08. The van der Waals surface area contributed by atoms with E-state index in [4.69, 9.17) is 23.2 Å². The highest BCUT2D eigenvalue weighted by molar-refractivity contribution is 6.35. The lowest BCUT2D eigenvalue weighted by Crippen LogP contribution is -2.56. The van der Waals surface area contributed by atoms with E-state index in [1.54, 1.807) is 24.5 Å². The van der Waals surface area contributed by atoms with Crippen molar-refractivity contribution in [1.82, 2.24) is 19.9 Å². The largest absolute Gasteiger partial charge is 0.374 e. The third-order valence-electron chi connectivity index (χ3n) is 6.15. The second kappa shape index (κ2) is 8.55. The molecule has 0 radical (unpaired) electrons. The fraction of sp³-hybridized carbons (Fsp3) is 0.409. The number of carbonyl (C=O) groups excluding carboxylic acids is 1. The van der Waals surface area contributed by atoms with Crippen LogP contribution in [0.15, 0.2) is 36.8 Å². The Bertz CT molecular complexity index is 1080. The number of nitrogens with zero attached hydrogens (tertiary/aromatic N) is 4. The number of hydrogen-bond acceptors (Lipinski definition) is 5. The fourth-order valence-electron chi connectivity index (χ4n) is 4.75. The monoisotopic (exact) mass is 458 g/mol. The molecule has 31 heavy (non-hydrogen) atoms. The van der Waals surface area contributed by atoms with Gasteiger partial charge >= 0.3 is 0 Å². The number of halogens is 2. The maximum absolute atomic E-state index is 13.4. The van der Waals surface area contributed by atoms with Gasteiger partial charge in [0.15, 0.2) is 0 Å². The van der Waals surface area contributed by atoms with E-state index in [2.05, 4.69) is 30.1 Å². The molecule has 5 rings (SSSR count). The highest BCUT2D eigenvalue weighted by atomic mass is 35.5. The number of fused-ring (bicyclic) bond motifs is 1. The number of likely N-dealkylation sites (tertiary alicyclic amines) is 1. The molecule has 1 amide bonds. The van der Waals surface area contributed by atoms with Crippen molar-refractivity contribution in [3.63, 3.8) is 0 Å². The molecule has 3 aromatic rings. The van der Waals surface area contributed by atoms with Crippen LogP contribution in [0.2, 0.25) is 10.0 Å². The zero-order chi connectivity index (χ0) is 21.4. The molecular formula is C22H24Cl2N6O. The standard InChI is InChI=1S/C22H24Cl2N6O/c23-14-9-15(24)11-16(10-14)28-19-4-2-8-30(22(19)31)17-3-1-7-29(12-17)21-18-5-6-25-20(18)26-13-27-21/h5-6,9-11,13,17,19,28H,1-4,7-8,12H2,(H,25,26,27). The van der Waals surface area contributed by atoms with Gasteiger partial charge in [0.1, 0.15) is 23.8 Å². The van der Waals surface area contributed by atoms with Crippen LogP contribution < -0.4 is 10.2 Å². The van der Waals surface area contributed by atoms with Gasteiger partial charge < -0.3 is 20.1 Å². The predicted molar refractivity (Wildman–Crippen MR) is 124 cm³/mol. The van der Waals surface area contributed by atoms with Crippen molar-refractivity contribution in [2.24, 2.45) is 0 Å². The van der Waals surface area contributed by atoms with Crippen molar-refractivity contribution in [2.75, 3.05) is 29.9 Å². The van der Waals surface area contributed by atoms with Crippen LogP contribution in [0.4, 0.5) is 11.5 Å². The number of hydrogen-bond donors (Lipinski definition) is 2. The SMILES string of the molecule is O=C1C(Nc2cc(Cl)cc(Cl)c2)CCCN1C1CCCN(c2ncnc3[nH]ccc23)C1. The maximum Gasteiger partial charge on any atom is 0.245 e. The summed E-state index contributed by atoms with van der Waals surface area (Å²) in [7, 11) is 0. The second-order valence-electron chi connectivity index (χ2n) is 8.21. The van der Waals surface area contributed by atoms with E-state index in [1.807, 2.05) is 12.3 Å². The predicted octanol–water partition coefficient (Wildman–Crippen LogP) is 4.34. The number of nitrogens with one attached hydrogen (secondary N) is 2. The summed E-state index contributed by atoms with van der Waals surface area (Å²) in [5.74, 6) is 1.08. The summed E-state index contributed by atoms with van der Waals surface area (Å²) in [6, 6.07) is 7.20. The summed E-state index contributed by atoms with van der Waals surface area (Å²) in [4.78, 5) is 29.7. The van der Waals surface area contributed by atoms with Gasteiger partial charge in [-0.2, -0.15) is 0 Å². The molecule has 7 nitrogen and oxygen atoms in total. The number of carbonyl (C=O) groups is 1. The van der Waals surface area contributed by atoms with Gasteiger partial charge in [-0.25, -0.2) is 9.97 Å². The first-order chi connectivity index (χ1) is 15.1. The Morgan fingerprint density at radius 3 is 2.71 bits per heavy atom. The van der Waals surface area contributed by atoms with E-state index in [0.29, 0.717) is 10.0 Å². The summed E-state index contributed by atoms with van der Waals surface area (Å²) in [6.07, 6.45) is 7.26. The van der Waals surface area contributed by atoms with Crippen molar-refractivity contribution in [2.45, 2.75) is 37.8 Å². The van der Waals surface area contributed by atoms with E-state index in [0.717, 1.165) is 67.9 Å². The zero-order valence-corrected chi connectivity index (χ0v) is 18.5. The Labute approximate surface area is 190 Å². The van der Waals surface area contributed by atoms with E-state index in [1.165, 1.54) is 0 Å². The van der Waals surface area contributed by atoms with Gasteiger partial charge in [-0.15, -0.1) is 0 Å². The molecule has 0 spiro atoms. The van der Waals surface area contributed by atoms with Crippen LogP contribution in [0, 0.1) is 0 Å². The molecule has 2 unspecified atom stereocenters. The lowest BCUT2D eigenvalue weighted by Gasteiger charge is -2.43. The van der Waals surface area contributed by atoms with E-state index in [9.17, 15) is 4.79 Å². The van der Waals surface area contributed by atoms with Gasteiger partial charge in [-0.1, -0.05) is 23.2 Å². The van der Waals surface area contributed by atoms with Gasteiger partial charge in [0.25, 0.3) is 0 Å². The van der Waals surface area contributed by atoms with Gasteiger partial charge in [-0.3, -0.25) is 4.79 Å². The molecule has 2 fully saturated rings. The van der Waals surface area contributed by atoms with Crippen molar-refractivity contribution in [3.05, 3.63) is 46.8 Å². The third kappa shape index (κ3) is 4.16. The highest BCUT2D eigenvalue weighted by Crippen LogP contribution is 2.29. The van der Waals surface area contributed by atoms with Gasteiger partial charge in [0.2, 0.25) is 5.91 Å².